The number of fused-ring (bicyclic) bond motifs is 1. The number of nitrogens with one attached hydrogen (secondary N) is 1. The van der Waals surface area contributed by atoms with Gasteiger partial charge < -0.3 is 15.2 Å². The molecule has 1 amide bonds. The first kappa shape index (κ1) is 14.6. The van der Waals surface area contributed by atoms with Crippen molar-refractivity contribution >= 4 is 11.6 Å². The van der Waals surface area contributed by atoms with Crippen molar-refractivity contribution in [2.24, 2.45) is 0 Å². The van der Waals surface area contributed by atoms with Gasteiger partial charge in [0.1, 0.15) is 5.75 Å². The van der Waals surface area contributed by atoms with E-state index in [-0.39, 0.29) is 0 Å². The third-order valence-electron chi connectivity index (χ3n) is 4.42. The van der Waals surface area contributed by atoms with Crippen molar-refractivity contribution in [1.82, 2.24) is 0 Å². The number of hydrogen-bond acceptors (Lipinski definition) is 3. The van der Waals surface area contributed by atoms with Gasteiger partial charge in [-0.3, -0.25) is 4.79 Å². The number of rotatable bonds is 2. The van der Waals surface area contributed by atoms with Gasteiger partial charge in [-0.25, -0.2) is 0 Å². The normalized spacial score (nSPS) is 19.8. The van der Waals surface area contributed by atoms with Gasteiger partial charge in [0, 0.05) is 16.8 Å². The van der Waals surface area contributed by atoms with Crippen molar-refractivity contribution in [3.8, 4) is 5.75 Å². The average molecular weight is 297 g/mol. The van der Waals surface area contributed by atoms with Crippen LogP contribution in [0.3, 0.4) is 0 Å². The summed E-state index contributed by atoms with van der Waals surface area (Å²) in [6.45, 7) is 5.81. The van der Waals surface area contributed by atoms with E-state index < -0.39 is 11.5 Å². The zero-order valence-corrected chi connectivity index (χ0v) is 13.2. The van der Waals surface area contributed by atoms with Gasteiger partial charge in [0.2, 0.25) is 0 Å². The maximum atomic E-state index is 12.6. The Morgan fingerprint density at radius 3 is 2.45 bits per heavy atom. The second kappa shape index (κ2) is 4.85. The third-order valence-corrected chi connectivity index (χ3v) is 4.42. The monoisotopic (exact) mass is 297 g/mol. The molecule has 3 rings (SSSR count). The summed E-state index contributed by atoms with van der Waals surface area (Å²) in [7, 11) is 1.54. The lowest BCUT2D eigenvalue weighted by Gasteiger charge is -2.26. The van der Waals surface area contributed by atoms with E-state index in [1.807, 2.05) is 45.0 Å². The Morgan fingerprint density at radius 1 is 1.09 bits per heavy atom. The molecule has 1 atom stereocenters. The standard InChI is InChI=1S/C18H19NO3/c1-10-6-5-7-15(22-4)16(10)18(21)13-8-11(2)12(3)9-14(13)19-17(18)20/h5-9,21H,1-4H3,(H,19,20). The molecule has 0 bridgehead atoms. The summed E-state index contributed by atoms with van der Waals surface area (Å²) in [4.78, 5) is 12.6. The van der Waals surface area contributed by atoms with Crippen molar-refractivity contribution in [2.45, 2.75) is 26.4 Å². The number of hydrogen-bond donors (Lipinski definition) is 2. The van der Waals surface area contributed by atoms with Crippen molar-refractivity contribution < 1.29 is 14.6 Å². The molecule has 1 aliphatic heterocycles. The molecule has 2 aromatic rings. The molecular formula is C18H19NO3. The molecule has 0 fully saturated rings. The molecular weight excluding hydrogens is 278 g/mol. The van der Waals surface area contributed by atoms with E-state index in [4.69, 9.17) is 4.74 Å². The number of carbonyl (C=O) groups excluding carboxylic acids is 1. The van der Waals surface area contributed by atoms with Crippen LogP contribution in [0.2, 0.25) is 0 Å². The second-order valence-electron chi connectivity index (χ2n) is 5.80. The second-order valence-corrected chi connectivity index (χ2v) is 5.80. The SMILES string of the molecule is COc1cccc(C)c1C1(O)C(=O)Nc2cc(C)c(C)cc21. The Bertz CT molecular complexity index is 782. The molecule has 22 heavy (non-hydrogen) atoms. The summed E-state index contributed by atoms with van der Waals surface area (Å²) < 4.78 is 5.38. The highest BCUT2D eigenvalue weighted by Gasteiger charge is 2.49. The van der Waals surface area contributed by atoms with Crippen LogP contribution in [-0.2, 0) is 10.4 Å². The Kier molecular flexibility index (Phi) is 3.22. The lowest BCUT2D eigenvalue weighted by molar-refractivity contribution is -0.129. The molecule has 2 aromatic carbocycles. The van der Waals surface area contributed by atoms with E-state index in [0.717, 1.165) is 16.7 Å². The van der Waals surface area contributed by atoms with Gasteiger partial charge in [-0.05, 0) is 55.7 Å². The third kappa shape index (κ3) is 1.84. The van der Waals surface area contributed by atoms with E-state index in [0.29, 0.717) is 22.6 Å². The number of carbonyl (C=O) groups is 1. The van der Waals surface area contributed by atoms with Gasteiger partial charge in [0.25, 0.3) is 5.91 Å². The topological polar surface area (TPSA) is 58.6 Å². The van der Waals surface area contributed by atoms with Gasteiger partial charge in [0.05, 0.1) is 7.11 Å². The molecule has 0 radical (unpaired) electrons. The molecule has 0 aliphatic carbocycles. The van der Waals surface area contributed by atoms with E-state index in [9.17, 15) is 9.90 Å². The lowest BCUT2D eigenvalue weighted by atomic mass is 9.83. The van der Waals surface area contributed by atoms with Crippen molar-refractivity contribution in [1.29, 1.82) is 0 Å². The molecule has 0 aromatic heterocycles. The number of anilines is 1. The minimum absolute atomic E-state index is 0.444. The Balaban J connectivity index is 2.33. The first-order chi connectivity index (χ1) is 10.4. The van der Waals surface area contributed by atoms with Crippen LogP contribution in [0, 0.1) is 20.8 Å². The van der Waals surface area contributed by atoms with Gasteiger partial charge >= 0.3 is 0 Å². The molecule has 1 aliphatic rings. The highest BCUT2D eigenvalue weighted by Crippen LogP contribution is 2.46. The lowest BCUT2D eigenvalue weighted by Crippen LogP contribution is -2.36. The summed E-state index contributed by atoms with van der Waals surface area (Å²) in [5, 5.41) is 14.1. The molecule has 114 valence electrons. The molecule has 4 heteroatoms. The molecule has 0 saturated heterocycles. The summed E-state index contributed by atoms with van der Waals surface area (Å²) in [6.07, 6.45) is 0. The Hall–Kier alpha value is -2.33. The summed E-state index contributed by atoms with van der Waals surface area (Å²) in [5.41, 5.74) is 2.90. The van der Waals surface area contributed by atoms with E-state index in [1.54, 1.807) is 6.07 Å². The number of methoxy groups -OCH3 is 1. The van der Waals surface area contributed by atoms with E-state index in [1.165, 1.54) is 7.11 Å². The maximum absolute atomic E-state index is 12.6. The number of aryl methyl sites for hydroxylation is 3. The van der Waals surface area contributed by atoms with Crippen LogP contribution in [0.15, 0.2) is 30.3 Å². The summed E-state index contributed by atoms with van der Waals surface area (Å²) >= 11 is 0. The molecule has 1 heterocycles. The minimum atomic E-state index is -1.73. The number of ether oxygens (including phenoxy) is 1. The van der Waals surface area contributed by atoms with Gasteiger partial charge in [-0.15, -0.1) is 0 Å². The summed E-state index contributed by atoms with van der Waals surface area (Å²) in [5.74, 6) is 0.0591. The number of benzene rings is 2. The molecule has 0 spiro atoms. The highest BCUT2D eigenvalue weighted by molar-refractivity contribution is 6.08. The van der Waals surface area contributed by atoms with Crippen LogP contribution in [0.4, 0.5) is 5.69 Å². The van der Waals surface area contributed by atoms with Gasteiger partial charge in [0.15, 0.2) is 5.60 Å². The average Bonchev–Trinajstić information content (AvgIpc) is 2.71. The quantitative estimate of drug-likeness (QED) is 0.896. The van der Waals surface area contributed by atoms with Crippen LogP contribution in [0.25, 0.3) is 0 Å². The van der Waals surface area contributed by atoms with Crippen molar-refractivity contribution in [2.75, 3.05) is 12.4 Å². The number of amides is 1. The first-order valence-electron chi connectivity index (χ1n) is 7.19. The zero-order valence-electron chi connectivity index (χ0n) is 13.2. The number of aliphatic hydroxyl groups is 1. The summed E-state index contributed by atoms with van der Waals surface area (Å²) in [6, 6.07) is 9.23. The Labute approximate surface area is 129 Å². The van der Waals surface area contributed by atoms with Crippen LogP contribution in [0.1, 0.15) is 27.8 Å². The Morgan fingerprint density at radius 2 is 1.77 bits per heavy atom. The molecule has 0 saturated carbocycles. The zero-order chi connectivity index (χ0) is 16.1. The first-order valence-corrected chi connectivity index (χ1v) is 7.19. The van der Waals surface area contributed by atoms with Gasteiger partial charge in [-0.2, -0.15) is 0 Å². The predicted molar refractivity (Wildman–Crippen MR) is 85.3 cm³/mol. The fourth-order valence-electron chi connectivity index (χ4n) is 3.08. The molecule has 2 N–H and O–H groups in total. The van der Waals surface area contributed by atoms with Crippen LogP contribution in [-0.4, -0.2) is 18.1 Å². The van der Waals surface area contributed by atoms with E-state index >= 15 is 0 Å². The van der Waals surface area contributed by atoms with Crippen molar-refractivity contribution in [3.05, 3.63) is 58.1 Å². The van der Waals surface area contributed by atoms with Crippen LogP contribution in [0.5, 0.6) is 5.75 Å². The minimum Gasteiger partial charge on any atom is -0.496 e. The van der Waals surface area contributed by atoms with Crippen molar-refractivity contribution in [3.63, 3.8) is 0 Å². The van der Waals surface area contributed by atoms with Gasteiger partial charge in [-0.1, -0.05) is 12.1 Å². The maximum Gasteiger partial charge on any atom is 0.266 e. The molecule has 1 unspecified atom stereocenters. The largest absolute Gasteiger partial charge is 0.496 e. The fraction of sp³-hybridized carbons (Fsp3) is 0.278. The molecule has 4 nitrogen and oxygen atoms in total. The van der Waals surface area contributed by atoms with Crippen LogP contribution >= 0.6 is 0 Å². The van der Waals surface area contributed by atoms with Crippen LogP contribution < -0.4 is 10.1 Å². The fourth-order valence-corrected chi connectivity index (χ4v) is 3.08. The smallest absolute Gasteiger partial charge is 0.266 e. The highest BCUT2D eigenvalue weighted by atomic mass is 16.5. The van der Waals surface area contributed by atoms with E-state index in [2.05, 4.69) is 5.32 Å². The predicted octanol–water partition coefficient (Wildman–Crippen LogP) is 2.81.